The molecule has 10 saturated heterocycles. The highest BCUT2D eigenvalue weighted by Gasteiger charge is 2.61. The van der Waals surface area contributed by atoms with Crippen molar-refractivity contribution in [2.75, 3.05) is 66.1 Å². The minimum absolute atomic E-state index is 0.891. The molecule has 0 spiro atoms. The predicted octanol–water partition coefficient (Wildman–Crippen LogP) is -22.7. The van der Waals surface area contributed by atoms with E-state index >= 15 is 0 Å². The highest BCUT2D eigenvalue weighted by molar-refractivity contribution is 5.73. The first-order valence-corrected chi connectivity index (χ1v) is 36.2. The van der Waals surface area contributed by atoms with Gasteiger partial charge in [-0.25, -0.2) is 0 Å². The van der Waals surface area contributed by atoms with Gasteiger partial charge in [-0.1, -0.05) is 0 Å². The zero-order valence-electron chi connectivity index (χ0n) is 60.0. The fraction of sp³-hybridized carbons (Fsp3) is 0.984. The molecule has 0 aromatic heterocycles. The Bertz CT molecular complexity index is 2910. The minimum atomic E-state index is -2.63. The molecule has 1 amide bonds. The summed E-state index contributed by atoms with van der Waals surface area (Å²) in [6, 6.07) is -1.83. The smallest absolute Gasteiger partial charge is 0.217 e. The van der Waals surface area contributed by atoms with Gasteiger partial charge in [-0.05, 0) is 0 Å². The number of amides is 1. The predicted molar refractivity (Wildman–Crippen MR) is 341 cm³/mol. The summed E-state index contributed by atoms with van der Waals surface area (Å²) >= 11 is 0. The van der Waals surface area contributed by atoms with Crippen LogP contribution >= 0.6 is 0 Å². The maximum absolute atomic E-state index is 12.7. The monoisotopic (exact) mass is 1680 g/mol. The van der Waals surface area contributed by atoms with Gasteiger partial charge in [0.25, 0.3) is 0 Å². The Hall–Kier alpha value is -2.53. The van der Waals surface area contributed by atoms with Gasteiger partial charge in [-0.15, -0.1) is 0 Å². The number of carbonyl (C=O) groups is 1. The van der Waals surface area contributed by atoms with Crippen LogP contribution in [0.25, 0.3) is 0 Å². The number of aliphatic hydroxyl groups excluding tert-OH is 31. The van der Waals surface area contributed by atoms with Crippen LogP contribution in [-0.2, 0) is 94.8 Å². The van der Waals surface area contributed by atoms with Gasteiger partial charge in [0.15, 0.2) is 62.9 Å². The van der Waals surface area contributed by atoms with E-state index in [1.54, 1.807) is 0 Å². The van der Waals surface area contributed by atoms with E-state index in [9.17, 15) is 163 Å². The lowest BCUT2D eigenvalue weighted by molar-refractivity contribution is -0.409. The molecule has 114 heavy (non-hydrogen) atoms. The van der Waals surface area contributed by atoms with E-state index < -0.39 is 379 Å². The SMILES string of the molecule is CC(=O)N[C@H]1C(O)O[C@H](CO)[C@@H](O[C@@H]2O[C@H](CO[C@H]3O[C@H](CO[C@H]4O[C@H](CO)[C@@H](O)[C@H](O)[C@@H]4O[C@H]4O[C@H](CO)[C@@H](O)[C@H](O)[C@@H]4O)[C@@H](O)[C@H](O[C@H]4O[C@H](CO)[C@@H](O)[C@H](O)[C@@H]4O)[C@@H]3O)[C@@H](O)[C@H](O[C@H]3O[C@H](CO[C@H]4O[C@H](CO)[C@@H](O)[C@H](O)[C@@H]4O)[C@@H](O)[C@H](O)[C@@H]3O[C@H]3O[C@H](CO)[C@@H](O)[C@H](O)[C@@H]3O[C@H]3O[C@H](CO)[C@@H](O)[C@H](O)[C@@H]3O)[C@@H]2O)[C@@H]1O. The first kappa shape index (κ1) is 93.7. The minimum Gasteiger partial charge on any atom is -0.394 e. The lowest BCUT2D eigenvalue weighted by Crippen LogP contribution is -2.69. The van der Waals surface area contributed by atoms with Crippen LogP contribution < -0.4 is 5.32 Å². The normalized spacial score (nSPS) is 52.6. The Morgan fingerprint density at radius 3 is 0.851 bits per heavy atom. The molecular formula is C62H105NO51. The van der Waals surface area contributed by atoms with Crippen LogP contribution in [-0.4, -0.2) is 537 Å². The number of nitrogens with one attached hydrogen (secondary N) is 1. The molecule has 32 N–H and O–H groups in total. The van der Waals surface area contributed by atoms with Gasteiger partial charge in [0.05, 0.1) is 66.1 Å². The first-order chi connectivity index (χ1) is 54.0. The zero-order chi connectivity index (χ0) is 83.7. The molecule has 10 fully saturated rings. The summed E-state index contributed by atoms with van der Waals surface area (Å²) in [7, 11) is 0. The van der Waals surface area contributed by atoms with Gasteiger partial charge in [0.2, 0.25) is 5.91 Å². The van der Waals surface area contributed by atoms with Crippen LogP contribution in [0.2, 0.25) is 0 Å². The molecule has 52 nitrogen and oxygen atoms in total. The Balaban J connectivity index is 1.00. The Labute approximate surface area is 642 Å². The Morgan fingerprint density at radius 2 is 0.465 bits per heavy atom. The maximum atomic E-state index is 12.7. The number of carbonyl (C=O) groups excluding carboxylic acids is 1. The van der Waals surface area contributed by atoms with Crippen LogP contribution in [0, 0.1) is 0 Å². The van der Waals surface area contributed by atoms with E-state index in [0.29, 0.717) is 0 Å². The molecule has 0 aliphatic carbocycles. The number of hydrogen-bond acceptors (Lipinski definition) is 51. The summed E-state index contributed by atoms with van der Waals surface area (Å²) in [5.41, 5.74) is 0. The second-order valence-corrected chi connectivity index (χ2v) is 28.8. The van der Waals surface area contributed by atoms with Crippen LogP contribution in [0.5, 0.6) is 0 Å². The lowest BCUT2D eigenvalue weighted by Gasteiger charge is -2.50. The van der Waals surface area contributed by atoms with Crippen LogP contribution in [0.15, 0.2) is 0 Å². The molecule has 50 atom stereocenters. The summed E-state index contributed by atoms with van der Waals surface area (Å²) in [5, 5.41) is 343. The van der Waals surface area contributed by atoms with Gasteiger partial charge >= 0.3 is 0 Å². The van der Waals surface area contributed by atoms with Crippen LogP contribution in [0.1, 0.15) is 6.92 Å². The van der Waals surface area contributed by atoms with Crippen molar-refractivity contribution in [3.8, 4) is 0 Å². The zero-order valence-corrected chi connectivity index (χ0v) is 60.0. The van der Waals surface area contributed by atoms with Crippen molar-refractivity contribution >= 4 is 5.91 Å². The van der Waals surface area contributed by atoms with Crippen molar-refractivity contribution in [2.24, 2.45) is 0 Å². The van der Waals surface area contributed by atoms with E-state index in [1.165, 1.54) is 0 Å². The summed E-state index contributed by atoms with van der Waals surface area (Å²) < 4.78 is 110. The molecule has 1 unspecified atom stereocenters. The topological polar surface area (TPSA) is 832 Å². The molecular weight excluding hydrogens is 1570 g/mol. The molecule has 0 bridgehead atoms. The lowest BCUT2D eigenvalue weighted by atomic mass is 9.94. The number of rotatable bonds is 29. The summed E-state index contributed by atoms with van der Waals surface area (Å²) in [5.74, 6) is -0.891. The molecule has 10 aliphatic heterocycles. The number of aliphatic hydroxyl groups is 31. The van der Waals surface area contributed by atoms with Gasteiger partial charge < -0.3 is 254 Å². The van der Waals surface area contributed by atoms with Gasteiger partial charge in [0.1, 0.15) is 244 Å². The summed E-state index contributed by atoms with van der Waals surface area (Å²) in [6.07, 6.45) is -106. The number of hydrogen-bond donors (Lipinski definition) is 32. The highest BCUT2D eigenvalue weighted by atomic mass is 16.8. The van der Waals surface area contributed by atoms with Crippen LogP contribution in [0.4, 0.5) is 0 Å². The van der Waals surface area contributed by atoms with E-state index in [2.05, 4.69) is 5.32 Å². The molecule has 664 valence electrons. The van der Waals surface area contributed by atoms with Gasteiger partial charge in [0, 0.05) is 6.92 Å². The van der Waals surface area contributed by atoms with Crippen LogP contribution in [0.3, 0.4) is 0 Å². The molecule has 0 aromatic rings. The fourth-order valence-corrected chi connectivity index (χ4v) is 14.5. The Morgan fingerprint density at radius 1 is 0.228 bits per heavy atom. The van der Waals surface area contributed by atoms with E-state index in [0.717, 1.165) is 6.92 Å². The quantitative estimate of drug-likeness (QED) is 0.0331. The third-order valence-electron chi connectivity index (χ3n) is 21.2. The largest absolute Gasteiger partial charge is 0.394 e. The molecule has 10 heterocycles. The van der Waals surface area contributed by atoms with Crippen molar-refractivity contribution in [1.82, 2.24) is 5.32 Å². The molecule has 0 aromatic carbocycles. The summed E-state index contributed by atoms with van der Waals surface area (Å²) in [4.78, 5) is 12.4. The standard InChI is InChI=1S/C62H105NO51/c1-12(71)63-23-33(81)47(19(8-70)99-53(23)95)109-59-46(94)49(111-62-52(40(88)30(78)20(108-62)9-96-54-41(89)34(82)24(72)13(2-64)100-54)114-61-51(39(87)29(77)18(7-69)105-61)113-58-44(92)37(85)27(75)16(5-67)103-58)32(80)22(107-59)10-97-55-45(93)48(110-56-42(90)35(83)25(73)14(3-65)101-56)31(79)21(106-55)11-98-60-50(38(86)28(76)17(6-68)104-60)112-57-43(91)36(84)26(74)15(4-66)102-57/h13-62,64-70,72-95H,2-11H2,1H3,(H,63,71)/t13-,14-,15-,16-,17-,18-,19-,20-,21-,22-,23-,24-,25-,26-,27-,28-,29-,30-,31-,32-,33-,34+,35+,36+,37+,38+,39+,40+,41+,42+,43+,44+,45+,46+,47-,48+,49+,50+,51+,52+,53?,54+,55+,56-,57-,58-,59+,60+,61-,62-/m1/s1. The summed E-state index contributed by atoms with van der Waals surface area (Å²) in [6.45, 7) is -10.0. The average molecular weight is 1680 g/mol. The molecule has 10 aliphatic rings. The first-order valence-electron chi connectivity index (χ1n) is 36.2. The van der Waals surface area contributed by atoms with Gasteiger partial charge in [-0.3, -0.25) is 4.79 Å². The number of ether oxygens (including phenoxy) is 19. The van der Waals surface area contributed by atoms with Gasteiger partial charge in [-0.2, -0.15) is 0 Å². The third kappa shape index (κ3) is 19.9. The van der Waals surface area contributed by atoms with E-state index in [1.807, 2.05) is 0 Å². The second kappa shape index (κ2) is 40.6. The maximum Gasteiger partial charge on any atom is 0.217 e. The van der Waals surface area contributed by atoms with E-state index in [-0.39, 0.29) is 0 Å². The molecule has 0 radical (unpaired) electrons. The average Bonchev–Trinajstić information content (AvgIpc) is 0.764. The second-order valence-electron chi connectivity index (χ2n) is 28.8. The Kier molecular flexibility index (Phi) is 33.4. The third-order valence-corrected chi connectivity index (χ3v) is 21.2. The molecule has 52 heteroatoms. The molecule has 0 saturated carbocycles. The molecule has 10 rings (SSSR count). The van der Waals surface area contributed by atoms with Crippen molar-refractivity contribution in [1.29, 1.82) is 0 Å². The van der Waals surface area contributed by atoms with Crippen molar-refractivity contribution in [2.45, 2.75) is 314 Å². The fourth-order valence-electron chi connectivity index (χ4n) is 14.5. The van der Waals surface area contributed by atoms with Crippen molar-refractivity contribution < 1.29 is 253 Å². The van der Waals surface area contributed by atoms with E-state index in [4.69, 9.17) is 90.0 Å². The van der Waals surface area contributed by atoms with Crippen molar-refractivity contribution in [3.63, 3.8) is 0 Å². The van der Waals surface area contributed by atoms with Crippen molar-refractivity contribution in [3.05, 3.63) is 0 Å². The highest BCUT2D eigenvalue weighted by Crippen LogP contribution is 2.40.